The zero-order valence-corrected chi connectivity index (χ0v) is 8.23. The Morgan fingerprint density at radius 1 is 1.38 bits per heavy atom. The third-order valence-corrected chi connectivity index (χ3v) is 3.63. The van der Waals surface area contributed by atoms with Gasteiger partial charge >= 0.3 is 0 Å². The fourth-order valence-electron chi connectivity index (χ4n) is 1.79. The van der Waals surface area contributed by atoms with Crippen LogP contribution in [0.25, 0.3) is 0 Å². The number of hydrogen-bond donors (Lipinski definition) is 2. The third kappa shape index (κ3) is 1.46. The van der Waals surface area contributed by atoms with E-state index in [4.69, 9.17) is 5.73 Å². The van der Waals surface area contributed by atoms with Crippen molar-refractivity contribution in [3.63, 3.8) is 0 Å². The van der Waals surface area contributed by atoms with Crippen LogP contribution in [0.5, 0.6) is 0 Å². The number of nitrogens with two attached hydrogens (primary N) is 1. The summed E-state index contributed by atoms with van der Waals surface area (Å²) in [4.78, 5) is 11.7. The van der Waals surface area contributed by atoms with Crippen LogP contribution >= 0.6 is 0 Å². The molecule has 1 amide bonds. The first-order valence-corrected chi connectivity index (χ1v) is 5.13. The van der Waals surface area contributed by atoms with Gasteiger partial charge in [0.15, 0.2) is 0 Å². The van der Waals surface area contributed by atoms with E-state index in [1.807, 2.05) is 6.92 Å². The molecule has 2 aliphatic rings. The molecule has 0 saturated heterocycles. The summed E-state index contributed by atoms with van der Waals surface area (Å²) in [6, 6.07) is 0. The summed E-state index contributed by atoms with van der Waals surface area (Å²) >= 11 is 0. The van der Waals surface area contributed by atoms with Crippen molar-refractivity contribution >= 4 is 5.91 Å². The quantitative estimate of drug-likeness (QED) is 0.678. The smallest absolute Gasteiger partial charge is 0.226 e. The molecule has 2 rings (SSSR count). The van der Waals surface area contributed by atoms with Gasteiger partial charge in [0.05, 0.1) is 5.54 Å². The van der Waals surface area contributed by atoms with Crippen LogP contribution in [0.1, 0.15) is 39.0 Å². The van der Waals surface area contributed by atoms with E-state index in [0.29, 0.717) is 6.54 Å². The number of carbonyl (C=O) groups is 1. The molecule has 0 heterocycles. The van der Waals surface area contributed by atoms with Gasteiger partial charge in [-0.25, -0.2) is 0 Å². The maximum Gasteiger partial charge on any atom is 0.226 e. The van der Waals surface area contributed by atoms with Crippen molar-refractivity contribution < 1.29 is 4.79 Å². The van der Waals surface area contributed by atoms with Crippen molar-refractivity contribution in [2.24, 2.45) is 11.1 Å². The average molecular weight is 182 g/mol. The van der Waals surface area contributed by atoms with Crippen LogP contribution in [-0.4, -0.2) is 18.0 Å². The van der Waals surface area contributed by atoms with Gasteiger partial charge in [0, 0.05) is 12.0 Å². The lowest BCUT2D eigenvalue weighted by molar-refractivity contribution is -0.128. The van der Waals surface area contributed by atoms with E-state index in [2.05, 4.69) is 5.32 Å². The molecule has 0 aromatic heterocycles. The minimum absolute atomic E-state index is 0.0390. The number of hydrogen-bond acceptors (Lipinski definition) is 2. The highest BCUT2D eigenvalue weighted by Gasteiger charge is 2.48. The van der Waals surface area contributed by atoms with E-state index in [-0.39, 0.29) is 16.9 Å². The van der Waals surface area contributed by atoms with Crippen LogP contribution in [0.4, 0.5) is 0 Å². The van der Waals surface area contributed by atoms with E-state index >= 15 is 0 Å². The summed E-state index contributed by atoms with van der Waals surface area (Å²) in [6.45, 7) is 2.63. The topological polar surface area (TPSA) is 55.1 Å². The Hall–Kier alpha value is -0.570. The second-order valence-corrected chi connectivity index (χ2v) is 4.85. The Bertz CT molecular complexity index is 224. The van der Waals surface area contributed by atoms with Crippen LogP contribution in [-0.2, 0) is 4.79 Å². The minimum Gasteiger partial charge on any atom is -0.349 e. The molecule has 0 bridgehead atoms. The Morgan fingerprint density at radius 2 is 2.00 bits per heavy atom. The van der Waals surface area contributed by atoms with Gasteiger partial charge in [0.25, 0.3) is 0 Å². The van der Waals surface area contributed by atoms with Gasteiger partial charge in [-0.05, 0) is 32.1 Å². The van der Waals surface area contributed by atoms with Gasteiger partial charge in [0.1, 0.15) is 0 Å². The van der Waals surface area contributed by atoms with Crippen LogP contribution in [0.15, 0.2) is 0 Å². The maximum absolute atomic E-state index is 11.7. The summed E-state index contributed by atoms with van der Waals surface area (Å²) < 4.78 is 0. The molecule has 0 spiro atoms. The van der Waals surface area contributed by atoms with Crippen LogP contribution in [0.3, 0.4) is 0 Å². The molecule has 0 aromatic carbocycles. The molecule has 3 heteroatoms. The molecular weight excluding hydrogens is 164 g/mol. The largest absolute Gasteiger partial charge is 0.349 e. The second kappa shape index (κ2) is 2.71. The minimum atomic E-state index is -0.0578. The van der Waals surface area contributed by atoms with E-state index < -0.39 is 0 Å². The molecule has 0 aromatic rings. The molecule has 2 aliphatic carbocycles. The standard InChI is InChI=1S/C10H18N2O/c1-9(5-6-9)8(13)12-10(7-11)3-2-4-10/h2-7,11H2,1H3,(H,12,13). The van der Waals surface area contributed by atoms with Crippen molar-refractivity contribution in [1.82, 2.24) is 5.32 Å². The number of amides is 1. The highest BCUT2D eigenvalue weighted by Crippen LogP contribution is 2.46. The monoisotopic (exact) mass is 182 g/mol. The summed E-state index contributed by atoms with van der Waals surface area (Å²) in [5, 5.41) is 3.12. The molecule has 74 valence electrons. The highest BCUT2D eigenvalue weighted by molar-refractivity contribution is 5.85. The second-order valence-electron chi connectivity index (χ2n) is 4.85. The lowest BCUT2D eigenvalue weighted by atomic mass is 9.76. The van der Waals surface area contributed by atoms with Gasteiger partial charge in [-0.1, -0.05) is 6.92 Å². The zero-order valence-electron chi connectivity index (χ0n) is 8.23. The molecule has 13 heavy (non-hydrogen) atoms. The SMILES string of the molecule is CC1(C(=O)NC2(CN)CCC2)CC1. The van der Waals surface area contributed by atoms with E-state index in [1.165, 1.54) is 6.42 Å². The molecular formula is C10H18N2O. The van der Waals surface area contributed by atoms with E-state index in [1.54, 1.807) is 0 Å². The number of rotatable bonds is 3. The van der Waals surface area contributed by atoms with Crippen molar-refractivity contribution in [1.29, 1.82) is 0 Å². The molecule has 0 aliphatic heterocycles. The Balaban J connectivity index is 1.92. The molecule has 3 N–H and O–H groups in total. The Labute approximate surface area is 79.1 Å². The summed E-state index contributed by atoms with van der Waals surface area (Å²) in [5.41, 5.74) is 5.57. The van der Waals surface area contributed by atoms with Crippen molar-refractivity contribution in [2.45, 2.75) is 44.6 Å². The van der Waals surface area contributed by atoms with Crippen molar-refractivity contribution in [2.75, 3.05) is 6.54 Å². The molecule has 0 unspecified atom stereocenters. The summed E-state index contributed by atoms with van der Waals surface area (Å²) in [5.74, 6) is 0.220. The van der Waals surface area contributed by atoms with E-state index in [0.717, 1.165) is 25.7 Å². The predicted molar refractivity (Wildman–Crippen MR) is 51.1 cm³/mol. The highest BCUT2D eigenvalue weighted by atomic mass is 16.2. The maximum atomic E-state index is 11.7. The van der Waals surface area contributed by atoms with Gasteiger partial charge in [-0.2, -0.15) is 0 Å². The lowest BCUT2D eigenvalue weighted by Crippen LogP contribution is -2.59. The first-order valence-electron chi connectivity index (χ1n) is 5.13. The molecule has 0 radical (unpaired) electrons. The molecule has 0 atom stereocenters. The van der Waals surface area contributed by atoms with Gasteiger partial charge < -0.3 is 11.1 Å². The molecule has 2 saturated carbocycles. The summed E-state index contributed by atoms with van der Waals surface area (Å²) in [6.07, 6.45) is 5.41. The van der Waals surface area contributed by atoms with Crippen molar-refractivity contribution in [3.05, 3.63) is 0 Å². The fourth-order valence-corrected chi connectivity index (χ4v) is 1.79. The summed E-state index contributed by atoms with van der Waals surface area (Å²) in [7, 11) is 0. The van der Waals surface area contributed by atoms with Gasteiger partial charge in [0.2, 0.25) is 5.91 Å². The third-order valence-electron chi connectivity index (χ3n) is 3.63. The van der Waals surface area contributed by atoms with Crippen LogP contribution in [0, 0.1) is 5.41 Å². The molecule has 2 fully saturated rings. The van der Waals surface area contributed by atoms with Gasteiger partial charge in [-0.15, -0.1) is 0 Å². The first-order chi connectivity index (χ1) is 6.10. The Morgan fingerprint density at radius 3 is 2.31 bits per heavy atom. The zero-order chi connectivity index (χ0) is 9.53. The average Bonchev–Trinajstić information content (AvgIpc) is 2.77. The Kier molecular flexibility index (Phi) is 1.88. The number of nitrogens with one attached hydrogen (secondary N) is 1. The lowest BCUT2D eigenvalue weighted by Gasteiger charge is -2.42. The van der Waals surface area contributed by atoms with Gasteiger partial charge in [-0.3, -0.25) is 4.79 Å². The van der Waals surface area contributed by atoms with Crippen LogP contribution < -0.4 is 11.1 Å². The normalized spacial score (nSPS) is 27.5. The fraction of sp³-hybridized carbons (Fsp3) is 0.900. The number of carbonyl (C=O) groups excluding carboxylic acids is 1. The van der Waals surface area contributed by atoms with E-state index in [9.17, 15) is 4.79 Å². The van der Waals surface area contributed by atoms with Crippen LogP contribution in [0.2, 0.25) is 0 Å². The first kappa shape index (κ1) is 9.00. The van der Waals surface area contributed by atoms with Crippen molar-refractivity contribution in [3.8, 4) is 0 Å². The predicted octanol–water partition coefficient (Wildman–Crippen LogP) is 0.784. The molecule has 3 nitrogen and oxygen atoms in total.